The molecule has 2 atom stereocenters. The van der Waals surface area contributed by atoms with Gasteiger partial charge in [0.1, 0.15) is 0 Å². The number of rotatable bonds is 3. The van der Waals surface area contributed by atoms with Gasteiger partial charge in [0.15, 0.2) is 11.6 Å². The van der Waals surface area contributed by atoms with Crippen LogP contribution in [0.3, 0.4) is 0 Å². The van der Waals surface area contributed by atoms with Gasteiger partial charge < -0.3 is 10.5 Å². The van der Waals surface area contributed by atoms with E-state index in [1.807, 2.05) is 0 Å². The molecule has 1 aromatic rings. The Morgan fingerprint density at radius 3 is 2.76 bits per heavy atom. The largest absolute Gasteiger partial charge is 0.378 e. The van der Waals surface area contributed by atoms with E-state index in [-0.39, 0.29) is 12.1 Å². The van der Waals surface area contributed by atoms with Crippen LogP contribution >= 0.6 is 0 Å². The zero-order valence-electron chi connectivity index (χ0n) is 9.66. The molecule has 0 spiro atoms. The summed E-state index contributed by atoms with van der Waals surface area (Å²) in [4.78, 5) is 0. The van der Waals surface area contributed by atoms with Crippen molar-refractivity contribution < 1.29 is 13.5 Å². The van der Waals surface area contributed by atoms with Crippen LogP contribution in [0.25, 0.3) is 0 Å². The summed E-state index contributed by atoms with van der Waals surface area (Å²) in [6, 6.07) is 3.52. The van der Waals surface area contributed by atoms with E-state index >= 15 is 0 Å². The van der Waals surface area contributed by atoms with Crippen LogP contribution in [0.5, 0.6) is 0 Å². The molecule has 1 heterocycles. The van der Waals surface area contributed by atoms with Crippen LogP contribution in [0.15, 0.2) is 18.2 Å². The minimum atomic E-state index is -0.845. The lowest BCUT2D eigenvalue weighted by Gasteiger charge is -2.25. The van der Waals surface area contributed by atoms with Crippen LogP contribution in [0, 0.1) is 11.6 Å². The van der Waals surface area contributed by atoms with Gasteiger partial charge in [-0.05, 0) is 43.4 Å². The van der Waals surface area contributed by atoms with E-state index in [9.17, 15) is 8.78 Å². The van der Waals surface area contributed by atoms with Gasteiger partial charge in [-0.1, -0.05) is 6.07 Å². The molecular weight excluding hydrogens is 224 g/mol. The quantitative estimate of drug-likeness (QED) is 0.883. The third-order valence-electron chi connectivity index (χ3n) is 3.16. The van der Waals surface area contributed by atoms with Gasteiger partial charge in [-0.3, -0.25) is 0 Å². The normalized spacial score (nSPS) is 22.4. The van der Waals surface area contributed by atoms with E-state index in [0.29, 0.717) is 12.0 Å². The second kappa shape index (κ2) is 5.56. The van der Waals surface area contributed by atoms with E-state index in [2.05, 4.69) is 0 Å². The van der Waals surface area contributed by atoms with Crippen molar-refractivity contribution in [3.63, 3.8) is 0 Å². The van der Waals surface area contributed by atoms with Crippen molar-refractivity contribution in [2.45, 2.75) is 37.8 Å². The summed E-state index contributed by atoms with van der Waals surface area (Å²) in [5.41, 5.74) is 6.60. The number of benzene rings is 1. The first-order valence-corrected chi connectivity index (χ1v) is 5.99. The van der Waals surface area contributed by atoms with Crippen molar-refractivity contribution in [1.29, 1.82) is 0 Å². The number of ether oxygens (including phenoxy) is 1. The molecule has 1 aliphatic heterocycles. The van der Waals surface area contributed by atoms with Gasteiger partial charge in [0.2, 0.25) is 0 Å². The lowest BCUT2D eigenvalue weighted by Crippen LogP contribution is -2.25. The van der Waals surface area contributed by atoms with Crippen LogP contribution in [0.1, 0.15) is 37.3 Å². The smallest absolute Gasteiger partial charge is 0.159 e. The second-order valence-corrected chi connectivity index (χ2v) is 4.50. The van der Waals surface area contributed by atoms with E-state index in [4.69, 9.17) is 10.5 Å². The maximum Gasteiger partial charge on any atom is 0.159 e. The Labute approximate surface area is 99.8 Å². The third kappa shape index (κ3) is 3.23. The summed E-state index contributed by atoms with van der Waals surface area (Å²) in [6.07, 6.45) is 4.04. The van der Waals surface area contributed by atoms with Crippen molar-refractivity contribution in [3.8, 4) is 0 Å². The summed E-state index contributed by atoms with van der Waals surface area (Å²) in [6.45, 7) is 0.773. The number of hydrogen-bond donors (Lipinski definition) is 1. The summed E-state index contributed by atoms with van der Waals surface area (Å²) in [7, 11) is 0. The summed E-state index contributed by atoms with van der Waals surface area (Å²) in [5.74, 6) is -1.68. The molecule has 0 saturated carbocycles. The molecule has 1 aliphatic rings. The summed E-state index contributed by atoms with van der Waals surface area (Å²) in [5, 5.41) is 0. The van der Waals surface area contributed by atoms with Crippen LogP contribution in [-0.2, 0) is 4.74 Å². The molecule has 2 nitrogen and oxygen atoms in total. The second-order valence-electron chi connectivity index (χ2n) is 4.50. The lowest BCUT2D eigenvalue weighted by molar-refractivity contribution is 0.00728. The molecule has 0 aliphatic carbocycles. The molecule has 4 heteroatoms. The fourth-order valence-corrected chi connectivity index (χ4v) is 2.16. The molecular formula is C13H17F2NO. The maximum absolute atomic E-state index is 13.1. The molecule has 1 aromatic carbocycles. The highest BCUT2D eigenvalue weighted by molar-refractivity contribution is 5.21. The molecule has 0 aromatic heterocycles. The first kappa shape index (κ1) is 12.5. The number of hydrogen-bond acceptors (Lipinski definition) is 2. The molecule has 2 unspecified atom stereocenters. The first-order valence-electron chi connectivity index (χ1n) is 5.99. The van der Waals surface area contributed by atoms with Gasteiger partial charge in [-0.15, -0.1) is 0 Å². The first-order chi connectivity index (χ1) is 8.16. The van der Waals surface area contributed by atoms with Gasteiger partial charge in [-0.2, -0.15) is 0 Å². The standard InChI is InChI=1S/C13H17F2NO/c14-11-5-4-9(7-12(11)15)13(16)8-10-3-1-2-6-17-10/h4-5,7,10,13H,1-3,6,8,16H2. The minimum absolute atomic E-state index is 0.145. The fourth-order valence-electron chi connectivity index (χ4n) is 2.16. The monoisotopic (exact) mass is 241 g/mol. The lowest BCUT2D eigenvalue weighted by atomic mass is 9.97. The van der Waals surface area contributed by atoms with E-state index < -0.39 is 11.6 Å². The molecule has 0 radical (unpaired) electrons. The molecule has 1 saturated heterocycles. The Balaban J connectivity index is 1.98. The molecule has 17 heavy (non-hydrogen) atoms. The van der Waals surface area contributed by atoms with Crippen LogP contribution in [0.2, 0.25) is 0 Å². The van der Waals surface area contributed by atoms with Crippen LogP contribution in [0.4, 0.5) is 8.78 Å². The van der Waals surface area contributed by atoms with Gasteiger partial charge in [0, 0.05) is 12.6 Å². The maximum atomic E-state index is 13.1. The third-order valence-corrected chi connectivity index (χ3v) is 3.16. The molecule has 0 bridgehead atoms. The Hall–Kier alpha value is -1.00. The highest BCUT2D eigenvalue weighted by atomic mass is 19.2. The Kier molecular flexibility index (Phi) is 4.07. The van der Waals surface area contributed by atoms with Crippen molar-refractivity contribution in [2.75, 3.05) is 6.61 Å². The average molecular weight is 241 g/mol. The molecule has 2 N–H and O–H groups in total. The zero-order valence-corrected chi connectivity index (χ0v) is 9.66. The number of nitrogens with two attached hydrogens (primary N) is 1. The average Bonchev–Trinajstić information content (AvgIpc) is 2.34. The molecule has 0 amide bonds. The molecule has 2 rings (SSSR count). The highest BCUT2D eigenvalue weighted by Crippen LogP contribution is 2.24. The van der Waals surface area contributed by atoms with Crippen LogP contribution < -0.4 is 5.73 Å². The van der Waals surface area contributed by atoms with Gasteiger partial charge in [-0.25, -0.2) is 8.78 Å². The Morgan fingerprint density at radius 2 is 2.12 bits per heavy atom. The topological polar surface area (TPSA) is 35.2 Å². The van der Waals surface area contributed by atoms with Gasteiger partial charge in [0.25, 0.3) is 0 Å². The van der Waals surface area contributed by atoms with Crippen molar-refractivity contribution in [3.05, 3.63) is 35.4 Å². The van der Waals surface area contributed by atoms with E-state index in [1.165, 1.54) is 12.1 Å². The number of halogens is 2. The molecule has 1 fully saturated rings. The fraction of sp³-hybridized carbons (Fsp3) is 0.538. The minimum Gasteiger partial charge on any atom is -0.378 e. The highest BCUT2D eigenvalue weighted by Gasteiger charge is 2.19. The van der Waals surface area contributed by atoms with Gasteiger partial charge in [0.05, 0.1) is 6.10 Å². The summed E-state index contributed by atoms with van der Waals surface area (Å²) < 4.78 is 31.4. The Morgan fingerprint density at radius 1 is 1.29 bits per heavy atom. The van der Waals surface area contributed by atoms with E-state index in [1.54, 1.807) is 0 Å². The SMILES string of the molecule is NC(CC1CCCCO1)c1ccc(F)c(F)c1. The van der Waals surface area contributed by atoms with Crippen molar-refractivity contribution in [1.82, 2.24) is 0 Å². The molecule has 94 valence electrons. The van der Waals surface area contributed by atoms with E-state index in [0.717, 1.165) is 31.9 Å². The van der Waals surface area contributed by atoms with Gasteiger partial charge >= 0.3 is 0 Å². The predicted molar refractivity (Wildman–Crippen MR) is 61.5 cm³/mol. The Bertz CT molecular complexity index is 378. The zero-order chi connectivity index (χ0) is 12.3. The van der Waals surface area contributed by atoms with Crippen molar-refractivity contribution in [2.24, 2.45) is 5.73 Å². The summed E-state index contributed by atoms with van der Waals surface area (Å²) >= 11 is 0. The van der Waals surface area contributed by atoms with Crippen LogP contribution in [-0.4, -0.2) is 12.7 Å². The predicted octanol–water partition coefficient (Wildman–Crippen LogP) is 2.92. The van der Waals surface area contributed by atoms with Crippen molar-refractivity contribution >= 4 is 0 Å².